The average Bonchev–Trinajstić information content (AvgIpc) is 1.59. The highest BCUT2D eigenvalue weighted by molar-refractivity contribution is 9.11. The molecule has 29 rings (SSSR count). The van der Waals surface area contributed by atoms with E-state index in [1.54, 1.807) is 122 Å². The number of halogens is 5. The van der Waals surface area contributed by atoms with Crippen LogP contribution in [0.15, 0.2) is 228 Å². The Kier molecular flexibility index (Phi) is 28.6. The maximum absolute atomic E-state index is 13.4. The van der Waals surface area contributed by atoms with Crippen LogP contribution in [0.2, 0.25) is 10.0 Å². The van der Waals surface area contributed by atoms with Crippen LogP contribution in [0.5, 0.6) is 0 Å². The van der Waals surface area contributed by atoms with Gasteiger partial charge in [-0.25, -0.2) is 0 Å². The van der Waals surface area contributed by atoms with Crippen molar-refractivity contribution >= 4 is 206 Å². The number of amides is 10. The molecule has 17 fully saturated rings. The number of nitro groups is 1. The van der Waals surface area contributed by atoms with Gasteiger partial charge in [0.2, 0.25) is 0 Å². The molecule has 22 aliphatic rings. The van der Waals surface area contributed by atoms with Crippen LogP contribution in [0, 0.1) is 77.2 Å². The largest absolute Gasteiger partial charge is 0.509 e. The molecule has 10 aliphatic heterocycles. The number of nitrogens with one attached hydrogen (secondary N) is 5. The van der Waals surface area contributed by atoms with Crippen LogP contribution < -0.4 is 26.6 Å². The maximum atomic E-state index is 13.4. The minimum absolute atomic E-state index is 0.0174. The summed E-state index contributed by atoms with van der Waals surface area (Å²) >= 11 is 30.1. The molecule has 5 saturated heterocycles. The molecule has 7 aromatic rings. The number of carbonyl (C=O) groups is 10. The molecule has 28 nitrogen and oxygen atoms in total. The van der Waals surface area contributed by atoms with Gasteiger partial charge in [-0.3, -0.25) is 58.1 Å². The number of hydrogen-bond donors (Lipinski definition) is 10. The van der Waals surface area contributed by atoms with Crippen LogP contribution >= 0.6 is 130 Å². The van der Waals surface area contributed by atoms with E-state index in [1.165, 1.54) is 92.1 Å². The number of thioether (sulfide) groups is 5. The van der Waals surface area contributed by atoms with Gasteiger partial charge in [0.1, 0.15) is 114 Å². The van der Waals surface area contributed by atoms with Crippen LogP contribution in [0.3, 0.4) is 0 Å². The van der Waals surface area contributed by atoms with Gasteiger partial charge >= 0.3 is 0 Å². The van der Waals surface area contributed by atoms with Gasteiger partial charge in [0.15, 0.2) is 0 Å². The predicted octanol–water partition coefficient (Wildman–Crippen LogP) is 21.5. The summed E-state index contributed by atoms with van der Waals surface area (Å²) in [5.74, 6) is 4.18. The minimum Gasteiger partial charge on any atom is -0.509 e. The fourth-order valence-corrected chi connectivity index (χ4v) is 37.0. The Hall–Kier alpha value is -9.89. The molecule has 149 heavy (non-hydrogen) atoms. The summed E-state index contributed by atoms with van der Waals surface area (Å²) in [6, 6.07) is 45.3. The highest BCUT2D eigenvalue weighted by Crippen LogP contribution is 2.62. The zero-order valence-corrected chi connectivity index (χ0v) is 92.1. The van der Waals surface area contributed by atoms with Crippen molar-refractivity contribution in [2.24, 2.45) is 53.3 Å². The van der Waals surface area contributed by atoms with E-state index in [4.69, 9.17) is 23.2 Å². The number of fused-ring (bicyclic) bond motifs is 5. The summed E-state index contributed by atoms with van der Waals surface area (Å²) in [5, 5.41) is 79.8. The number of benzene rings is 7. The summed E-state index contributed by atoms with van der Waals surface area (Å²) in [6.45, 7) is 5.70. The smallest absolute Gasteiger partial charge is 0.269 e. The van der Waals surface area contributed by atoms with E-state index >= 15 is 0 Å². The molecule has 7 aromatic carbocycles. The van der Waals surface area contributed by atoms with E-state index in [2.05, 4.69) is 106 Å². The number of aliphatic hydroxyl groups excluding tert-OH is 5. The van der Waals surface area contributed by atoms with Gasteiger partial charge in [0, 0.05) is 92.4 Å². The van der Waals surface area contributed by atoms with Gasteiger partial charge in [-0.15, -0.1) is 58.8 Å². The molecule has 0 radical (unpaired) electrons. The Morgan fingerprint density at radius 1 is 0.356 bits per heavy atom. The number of nitro benzene ring substituents is 1. The van der Waals surface area contributed by atoms with E-state index in [1.807, 2.05) is 79.7 Å². The first kappa shape index (κ1) is 104. The third-order valence-electron chi connectivity index (χ3n) is 33.9. The Balaban J connectivity index is 0.000000105. The van der Waals surface area contributed by atoms with Crippen molar-refractivity contribution in [1.29, 1.82) is 0 Å². The van der Waals surface area contributed by atoms with Gasteiger partial charge < -0.3 is 76.6 Å². The molecule has 5 unspecified atom stereocenters. The molecule has 10 heterocycles. The van der Waals surface area contributed by atoms with Crippen molar-refractivity contribution < 1.29 is 78.4 Å². The Morgan fingerprint density at radius 3 is 0.866 bits per heavy atom. The fourth-order valence-electron chi connectivity index (χ4n) is 28.4. The Morgan fingerprint density at radius 2 is 0.611 bits per heavy atom. The lowest BCUT2D eigenvalue weighted by atomic mass is 9.53. The lowest BCUT2D eigenvalue weighted by Crippen LogP contribution is -2.60. The normalized spacial score (nSPS) is 31.8. The number of hydrogen-bond acceptors (Lipinski definition) is 22. The van der Waals surface area contributed by atoms with Gasteiger partial charge in [-0.1, -0.05) is 139 Å². The van der Waals surface area contributed by atoms with E-state index in [9.17, 15) is 83.6 Å². The zero-order valence-electron chi connectivity index (χ0n) is 81.7. The topological polar surface area (TPSA) is 391 Å². The SMILES string of the molecule is CCc1ccc([C@@H]2SCC3C(O)=C(C(=O)NC45CC6CC(CC(C6)C4)C5)C(=O)N32)cc1.Cc1cc(Cl)ccc1NC(=O)C1=C(O)C2CS[C@@H](c3ccc(Br)cc3)N2C1=O.Cc1cc(Cl)ccc1NC(=O)C1=C(O)C2CS[C@@H](c3ccc([N+](=O)[O-])cc3)N2C1=O.O=C(NC12CC3CC(CC(C3)C1)C2)C1=C(O)C2CS[C@@H](c3ccc(Br)cc3)N2C1=O.O=C(NC12CC3CC(CC(C3)C1)C2)C1=C(O)C2CS[C@@H](c3cccc(Br)c3)N2C1=O. The van der Waals surface area contributed by atoms with Gasteiger partial charge in [0.25, 0.3) is 64.8 Å². The highest BCUT2D eigenvalue weighted by Gasteiger charge is 2.61. The third-order valence-corrected chi connectivity index (χ3v) is 42.5. The molecule has 10 N–H and O–H groups in total. The molecule has 10 atom stereocenters. The zero-order chi connectivity index (χ0) is 104. The highest BCUT2D eigenvalue weighted by atomic mass is 79.9. The lowest BCUT2D eigenvalue weighted by Gasteiger charge is -2.56. The van der Waals surface area contributed by atoms with Crippen LogP contribution in [-0.4, -0.2) is 190 Å². The predicted molar refractivity (Wildman–Crippen MR) is 586 cm³/mol. The second-order valence-corrected chi connectivity index (χ2v) is 52.9. The lowest BCUT2D eigenvalue weighted by molar-refractivity contribution is -0.384. The van der Waals surface area contributed by atoms with E-state index in [0.29, 0.717) is 109 Å². The van der Waals surface area contributed by atoms with Crippen molar-refractivity contribution in [1.82, 2.24) is 40.4 Å². The molecule has 0 aromatic heterocycles. The summed E-state index contributed by atoms with van der Waals surface area (Å²) in [6.07, 6.45) is 21.9. The molecule has 12 saturated carbocycles. The van der Waals surface area contributed by atoms with E-state index in [0.717, 1.165) is 111 Å². The Bertz CT molecular complexity index is 6790. The van der Waals surface area contributed by atoms with Gasteiger partial charge in [0.05, 0.1) is 4.92 Å². The third kappa shape index (κ3) is 19.6. The average molecular weight is 2340 g/mol. The van der Waals surface area contributed by atoms with Gasteiger partial charge in [-0.2, -0.15) is 0 Å². The quantitative estimate of drug-likeness (QED) is 0.0230. The van der Waals surface area contributed by atoms with E-state index in [-0.39, 0.29) is 136 Å². The first-order chi connectivity index (χ1) is 71.4. The number of aliphatic hydroxyl groups is 5. The number of non-ortho nitro benzene ring substituents is 1. The number of aryl methyl sites for hydroxylation is 3. The second-order valence-electron chi connectivity index (χ2n) is 43.8. The number of anilines is 2. The van der Waals surface area contributed by atoms with Crippen LogP contribution in [0.1, 0.15) is 194 Å². The standard InChI is InChI=1S/C25H30N2O3S.2C23H25BrN2O3S.C20H16BrClN2O3S.C20H16ClN3O5S/c1-2-14-3-5-18(6-4-14)24-27-19(13-31-24)21(28)20(23(27)30)22(29)26-25-10-15-7-16(11-25)9-17(8-15)12-25;24-16-3-1-15(2-4-16)22-26-17(11-30-22)19(27)18(21(26)29)20(28)25-23-8-12-5-13(9-23)7-14(6-12)10-23;24-16-3-1-2-15(7-16)22-26-17(11-30-22)19(27)18(21(26)29)20(28)25-23-8-12-4-13(9-23)6-14(5-12)10-23;1-10-8-13(22)6-7-14(10)23-18(26)16-17(25)15-9-28-20(24(15)19(16)27)11-2-4-12(21)5-3-11;1-10-8-12(21)4-7-14(10)22-18(26)16-17(25)15-9-30-20(23(15)19(16)27)11-2-5-13(6-3-11)24(28)29/h3-6,15-17,19,24,28H,2,7-13H2,1H3,(H,26,29);1-4,12-14,17,22,27H,5-11H2,(H,25,28);1-3,7,12-14,17,22,27H,4-6,8-11H2,(H,25,28);2-8,15,20,25H,9H2,1H3,(H,23,26);2-8,15,20,25H,9H2,1H3,(H,22,26)/t15?,16?,17?,19?,24-,25?;2*12?,13?,14?,17?,22-,23?;2*15?,20-/m00000/s1. The van der Waals surface area contributed by atoms with Crippen LogP contribution in [0.4, 0.5) is 17.1 Å². The van der Waals surface area contributed by atoms with E-state index < -0.39 is 64.1 Å². The molecule has 0 spiro atoms. The summed E-state index contributed by atoms with van der Waals surface area (Å²) in [4.78, 5) is 150. The monoisotopic (exact) mass is 2340 g/mol. The first-order valence-electron chi connectivity index (χ1n) is 51.0. The molecular formula is C111H112Br3Cl2N11O17S5. The first-order valence-corrected chi connectivity index (χ1v) is 59.4. The number of nitrogens with zero attached hydrogens (tertiary/aromatic N) is 6. The molecule has 10 amide bonds. The summed E-state index contributed by atoms with van der Waals surface area (Å²) in [7, 11) is 0. The van der Waals surface area contributed by atoms with Gasteiger partial charge in [-0.05, 0) is 319 Å². The van der Waals surface area contributed by atoms with Crippen molar-refractivity contribution in [3.8, 4) is 0 Å². The summed E-state index contributed by atoms with van der Waals surface area (Å²) < 4.78 is 2.88. The molecule has 12 bridgehead atoms. The fraction of sp³-hybridized carbons (Fsp3) is 0.441. The number of rotatable bonds is 17. The van der Waals surface area contributed by atoms with Crippen molar-refractivity contribution in [3.63, 3.8) is 0 Å². The number of carbonyl (C=O) groups excluding carboxylic acids is 10. The van der Waals surface area contributed by atoms with Crippen LogP contribution in [-0.2, 0) is 54.4 Å². The van der Waals surface area contributed by atoms with Crippen molar-refractivity contribution in [3.05, 3.63) is 292 Å². The second kappa shape index (κ2) is 41.2. The van der Waals surface area contributed by atoms with Crippen molar-refractivity contribution in [2.45, 2.75) is 216 Å². The van der Waals surface area contributed by atoms with Crippen molar-refractivity contribution in [2.75, 3.05) is 39.4 Å². The summed E-state index contributed by atoms with van der Waals surface area (Å²) in [5.41, 5.74) is 7.36. The maximum Gasteiger partial charge on any atom is 0.269 e. The molecule has 778 valence electrons. The molecular weight excluding hydrogens is 2230 g/mol. The molecule has 12 aliphatic carbocycles. The minimum atomic E-state index is -0.690. The Labute approximate surface area is 918 Å². The van der Waals surface area contributed by atoms with Crippen LogP contribution in [0.25, 0.3) is 0 Å². The molecule has 38 heteroatoms.